The Hall–Kier alpha value is -1.26. The zero-order valence-electron chi connectivity index (χ0n) is 14.5. The Bertz CT molecular complexity index is 723. The molecule has 1 fully saturated rings. The van der Waals surface area contributed by atoms with E-state index < -0.39 is 0 Å². The van der Waals surface area contributed by atoms with Gasteiger partial charge in [-0.15, -0.1) is 0 Å². The largest absolute Gasteiger partial charge is 0.481 e. The fourth-order valence-electron chi connectivity index (χ4n) is 3.45. The molecule has 1 atom stereocenters. The summed E-state index contributed by atoms with van der Waals surface area (Å²) < 4.78 is 19.5. The molecule has 1 aliphatic heterocycles. The van der Waals surface area contributed by atoms with Gasteiger partial charge in [0.2, 0.25) is 5.88 Å². The van der Waals surface area contributed by atoms with Gasteiger partial charge in [0.05, 0.1) is 24.3 Å². The highest BCUT2D eigenvalue weighted by Crippen LogP contribution is 2.24. The molecule has 1 unspecified atom stereocenters. The Kier molecular flexibility index (Phi) is 6.24. The van der Waals surface area contributed by atoms with Gasteiger partial charge in [-0.25, -0.2) is 9.37 Å². The summed E-state index contributed by atoms with van der Waals surface area (Å²) in [6.45, 7) is 2.65. The SMILES string of the molecule is COc1ccc2ncc(F)c(CCN3CCC(C(O)[CH2][Al])CC3)c2n1. The molecule has 2 aromatic heterocycles. The van der Waals surface area contributed by atoms with Crippen molar-refractivity contribution < 1.29 is 14.2 Å². The Morgan fingerprint density at radius 1 is 1.40 bits per heavy atom. The van der Waals surface area contributed by atoms with Crippen LogP contribution in [0.5, 0.6) is 5.88 Å². The molecular formula is C18H23AlFN3O2. The lowest BCUT2D eigenvalue weighted by Gasteiger charge is -2.34. The molecule has 3 rings (SSSR count). The van der Waals surface area contributed by atoms with Crippen LogP contribution in [0.1, 0.15) is 18.4 Å². The van der Waals surface area contributed by atoms with E-state index in [1.54, 1.807) is 19.2 Å². The summed E-state index contributed by atoms with van der Waals surface area (Å²) in [5.41, 5.74) is 1.85. The van der Waals surface area contributed by atoms with Gasteiger partial charge in [-0.05, 0) is 44.3 Å². The summed E-state index contributed by atoms with van der Waals surface area (Å²) in [7, 11) is 1.55. The Labute approximate surface area is 155 Å². The third-order valence-electron chi connectivity index (χ3n) is 5.04. The molecule has 0 bridgehead atoms. The number of nitrogens with zero attached hydrogens (tertiary/aromatic N) is 3. The van der Waals surface area contributed by atoms with Gasteiger partial charge >= 0.3 is 0 Å². The smallest absolute Gasteiger partial charge is 0.213 e. The minimum absolute atomic E-state index is 0.231. The van der Waals surface area contributed by atoms with Crippen LogP contribution in [0.3, 0.4) is 0 Å². The number of aliphatic hydroxyl groups excluding tert-OH is 1. The minimum Gasteiger partial charge on any atom is -0.481 e. The van der Waals surface area contributed by atoms with Gasteiger partial charge in [0.25, 0.3) is 0 Å². The number of pyridine rings is 2. The fraction of sp³-hybridized carbons (Fsp3) is 0.556. The van der Waals surface area contributed by atoms with Gasteiger partial charge in [-0.1, -0.05) is 5.28 Å². The normalized spacial score (nSPS) is 17.7. The monoisotopic (exact) mass is 359 g/mol. The molecule has 25 heavy (non-hydrogen) atoms. The van der Waals surface area contributed by atoms with E-state index in [0.29, 0.717) is 34.8 Å². The standard InChI is InChI=1S/C18H23FN3O2.Al/c1-12(23)13-5-8-22(9-6-13)10-7-14-15(19)11-20-16-3-4-17(24-2)21-18(14)16;/h3-4,11-13,23H,1,5-10H2,2H3;. The highest BCUT2D eigenvalue weighted by molar-refractivity contribution is 6.08. The summed E-state index contributed by atoms with van der Waals surface area (Å²) in [6.07, 6.45) is 3.60. The molecule has 0 aromatic carbocycles. The zero-order chi connectivity index (χ0) is 17.8. The number of fused-ring (bicyclic) bond motifs is 1. The minimum atomic E-state index is -0.318. The molecular weight excluding hydrogens is 336 g/mol. The molecule has 0 aliphatic carbocycles. The lowest BCUT2D eigenvalue weighted by Crippen LogP contribution is -2.38. The molecule has 0 saturated carbocycles. The fourth-order valence-corrected chi connectivity index (χ4v) is 3.84. The van der Waals surface area contributed by atoms with Crippen molar-refractivity contribution in [2.24, 2.45) is 5.92 Å². The van der Waals surface area contributed by atoms with Crippen LogP contribution >= 0.6 is 0 Å². The topological polar surface area (TPSA) is 58.5 Å². The van der Waals surface area contributed by atoms with E-state index >= 15 is 0 Å². The molecule has 1 N–H and O–H groups in total. The van der Waals surface area contributed by atoms with E-state index in [2.05, 4.69) is 31.2 Å². The zero-order valence-corrected chi connectivity index (χ0v) is 15.6. The average Bonchev–Trinajstić information content (AvgIpc) is 2.66. The number of hydrogen-bond acceptors (Lipinski definition) is 5. The maximum absolute atomic E-state index is 14.3. The van der Waals surface area contributed by atoms with Gasteiger partial charge in [0.15, 0.2) is 0 Å². The second-order valence-corrected chi connectivity index (χ2v) is 7.01. The summed E-state index contributed by atoms with van der Waals surface area (Å²) in [5.74, 6) is 0.521. The van der Waals surface area contributed by atoms with Gasteiger partial charge in [0.1, 0.15) is 22.1 Å². The van der Waals surface area contributed by atoms with Crippen molar-refractivity contribution in [2.75, 3.05) is 26.7 Å². The number of methoxy groups -OCH3 is 1. The summed E-state index contributed by atoms with van der Waals surface area (Å²) in [5, 5.41) is 10.7. The number of rotatable bonds is 6. The number of aliphatic hydroxyl groups is 1. The molecule has 2 radical (unpaired) electrons. The van der Waals surface area contributed by atoms with E-state index in [4.69, 9.17) is 4.74 Å². The van der Waals surface area contributed by atoms with Crippen molar-refractivity contribution in [1.82, 2.24) is 14.9 Å². The van der Waals surface area contributed by atoms with Crippen molar-refractivity contribution in [3.63, 3.8) is 0 Å². The number of likely N-dealkylation sites (tertiary alicyclic amines) is 1. The maximum atomic E-state index is 14.3. The van der Waals surface area contributed by atoms with Gasteiger partial charge in [-0.3, -0.25) is 4.98 Å². The highest BCUT2D eigenvalue weighted by Gasteiger charge is 2.24. The van der Waals surface area contributed by atoms with Crippen LogP contribution in [0.2, 0.25) is 5.28 Å². The first-order valence-electron chi connectivity index (χ1n) is 8.71. The van der Waals surface area contributed by atoms with Gasteiger partial charge < -0.3 is 14.7 Å². The molecule has 7 heteroatoms. The summed E-state index contributed by atoms with van der Waals surface area (Å²) >= 11 is 2.61. The van der Waals surface area contributed by atoms with Gasteiger partial charge in [0, 0.05) is 24.3 Å². The third-order valence-corrected chi connectivity index (χ3v) is 5.53. The predicted octanol–water partition coefficient (Wildman–Crippen LogP) is 1.98. The molecule has 132 valence electrons. The molecule has 0 amide bonds. The molecule has 1 saturated heterocycles. The van der Waals surface area contributed by atoms with E-state index in [0.717, 1.165) is 37.8 Å². The van der Waals surface area contributed by atoms with Crippen LogP contribution in [-0.2, 0) is 6.42 Å². The Morgan fingerprint density at radius 3 is 2.84 bits per heavy atom. The molecule has 5 nitrogen and oxygen atoms in total. The van der Waals surface area contributed by atoms with Crippen LogP contribution in [0.4, 0.5) is 4.39 Å². The second kappa shape index (κ2) is 8.42. The molecule has 0 spiro atoms. The average molecular weight is 359 g/mol. The van der Waals surface area contributed by atoms with Crippen molar-refractivity contribution >= 4 is 27.3 Å². The molecule has 2 aromatic rings. The van der Waals surface area contributed by atoms with E-state index in [1.165, 1.54) is 6.20 Å². The predicted molar refractivity (Wildman–Crippen MR) is 95.5 cm³/mol. The molecule has 1 aliphatic rings. The number of aromatic nitrogens is 2. The van der Waals surface area contributed by atoms with Crippen LogP contribution < -0.4 is 4.74 Å². The van der Waals surface area contributed by atoms with Gasteiger partial charge in [-0.2, -0.15) is 0 Å². The lowest BCUT2D eigenvalue weighted by atomic mass is 9.92. The van der Waals surface area contributed by atoms with Crippen LogP contribution in [0.25, 0.3) is 11.0 Å². The van der Waals surface area contributed by atoms with Crippen LogP contribution in [-0.4, -0.2) is 69.1 Å². The van der Waals surface area contributed by atoms with Crippen molar-refractivity contribution in [3.05, 3.63) is 29.7 Å². The van der Waals surface area contributed by atoms with E-state index in [1.807, 2.05) is 0 Å². The highest BCUT2D eigenvalue weighted by atomic mass is 27.0. The number of ether oxygens (including phenoxy) is 1. The van der Waals surface area contributed by atoms with Crippen molar-refractivity contribution in [3.8, 4) is 5.88 Å². The summed E-state index contributed by atoms with van der Waals surface area (Å²) in [6, 6.07) is 3.54. The Morgan fingerprint density at radius 2 is 2.16 bits per heavy atom. The van der Waals surface area contributed by atoms with E-state index in [9.17, 15) is 9.50 Å². The second-order valence-electron chi connectivity index (χ2n) is 6.54. The first-order valence-corrected chi connectivity index (χ1v) is 9.52. The number of piperidine rings is 1. The van der Waals surface area contributed by atoms with Crippen LogP contribution in [0.15, 0.2) is 18.3 Å². The lowest BCUT2D eigenvalue weighted by molar-refractivity contribution is 0.0726. The Balaban J connectivity index is 1.68. The summed E-state index contributed by atoms with van der Waals surface area (Å²) in [4.78, 5) is 10.8. The maximum Gasteiger partial charge on any atom is 0.213 e. The number of hydrogen-bond donors (Lipinski definition) is 1. The first-order chi connectivity index (χ1) is 12.1. The first kappa shape index (κ1) is 18.5. The third kappa shape index (κ3) is 4.29. The van der Waals surface area contributed by atoms with Crippen molar-refractivity contribution in [1.29, 1.82) is 0 Å². The van der Waals surface area contributed by atoms with E-state index in [-0.39, 0.29) is 11.9 Å². The quantitative estimate of drug-likeness (QED) is 0.800. The molecule has 3 heterocycles. The van der Waals surface area contributed by atoms with Crippen LogP contribution in [0, 0.1) is 11.7 Å². The number of halogens is 1. The van der Waals surface area contributed by atoms with Crippen molar-refractivity contribution in [2.45, 2.75) is 30.6 Å².